The molecule has 1 aromatic carbocycles. The average molecular weight is 420 g/mol. The molecule has 1 atom stereocenters. The Morgan fingerprint density at radius 2 is 1.96 bits per heavy atom. The van der Waals surface area contributed by atoms with Crippen molar-refractivity contribution in [3.05, 3.63) is 51.2 Å². The van der Waals surface area contributed by atoms with E-state index in [0.717, 1.165) is 0 Å². The van der Waals surface area contributed by atoms with Gasteiger partial charge < -0.3 is 15.5 Å². The van der Waals surface area contributed by atoms with Crippen LogP contribution in [0, 0.1) is 0 Å². The summed E-state index contributed by atoms with van der Waals surface area (Å²) in [6.07, 6.45) is 0.276. The number of carbonyl (C=O) groups is 3. The molecule has 1 saturated heterocycles. The van der Waals surface area contributed by atoms with Crippen LogP contribution in [-0.4, -0.2) is 40.7 Å². The molecule has 0 saturated carbocycles. The molecule has 2 aromatic rings. The summed E-state index contributed by atoms with van der Waals surface area (Å²) in [5, 5.41) is 7.79. The fourth-order valence-electron chi connectivity index (χ4n) is 3.08. The van der Waals surface area contributed by atoms with Crippen molar-refractivity contribution in [2.75, 3.05) is 11.9 Å². The number of benzene rings is 1. The summed E-state index contributed by atoms with van der Waals surface area (Å²) in [6, 6.07) is 7.95. The summed E-state index contributed by atoms with van der Waals surface area (Å²) in [7, 11) is 0. The van der Waals surface area contributed by atoms with Crippen LogP contribution in [0.25, 0.3) is 0 Å². The van der Waals surface area contributed by atoms with E-state index in [4.69, 9.17) is 11.6 Å². The monoisotopic (exact) mass is 419 g/mol. The Bertz CT molecular complexity index is 906. The molecule has 2 heterocycles. The second kappa shape index (κ2) is 7.93. The van der Waals surface area contributed by atoms with Crippen LogP contribution >= 0.6 is 22.9 Å². The molecule has 1 aliphatic rings. The number of hydrogen-bond acceptors (Lipinski definition) is 4. The fraction of sp³-hybridized carbons (Fsp3) is 0.350. The van der Waals surface area contributed by atoms with E-state index in [-0.39, 0.29) is 35.7 Å². The number of thiophene rings is 1. The van der Waals surface area contributed by atoms with Gasteiger partial charge in [-0.3, -0.25) is 14.4 Å². The van der Waals surface area contributed by atoms with Gasteiger partial charge in [0.1, 0.15) is 0 Å². The minimum absolute atomic E-state index is 0.0257. The van der Waals surface area contributed by atoms with Gasteiger partial charge in [0, 0.05) is 24.1 Å². The first-order chi connectivity index (χ1) is 13.1. The van der Waals surface area contributed by atoms with E-state index in [2.05, 4.69) is 10.6 Å². The third-order valence-corrected chi connectivity index (χ3v) is 5.69. The molecule has 0 spiro atoms. The molecule has 0 bridgehead atoms. The summed E-state index contributed by atoms with van der Waals surface area (Å²) in [6.45, 7) is 6.38. The number of likely N-dealkylation sites (tertiary alicyclic amines) is 1. The number of nitrogens with zero attached hydrogens (tertiary/aromatic N) is 1. The van der Waals surface area contributed by atoms with Crippen LogP contribution in [0.4, 0.5) is 5.69 Å². The van der Waals surface area contributed by atoms with Crippen molar-refractivity contribution in [3.8, 4) is 0 Å². The third-order valence-electron chi connectivity index (χ3n) is 4.49. The maximum absolute atomic E-state index is 12.6. The van der Waals surface area contributed by atoms with Crippen LogP contribution in [0.15, 0.2) is 35.7 Å². The Hall–Kier alpha value is -2.38. The molecule has 0 radical (unpaired) electrons. The number of hydrogen-bond donors (Lipinski definition) is 2. The van der Waals surface area contributed by atoms with Gasteiger partial charge in [-0.05, 0) is 50.4 Å². The molecule has 148 valence electrons. The summed E-state index contributed by atoms with van der Waals surface area (Å²) >= 11 is 7.49. The molecule has 6 nitrogen and oxygen atoms in total. The van der Waals surface area contributed by atoms with Gasteiger partial charge in [-0.1, -0.05) is 17.7 Å². The highest BCUT2D eigenvalue weighted by atomic mass is 35.5. The molecule has 3 amide bonds. The minimum atomic E-state index is -0.308. The predicted molar refractivity (Wildman–Crippen MR) is 111 cm³/mol. The summed E-state index contributed by atoms with van der Waals surface area (Å²) < 4.78 is 0. The maximum atomic E-state index is 12.6. The Balaban J connectivity index is 1.69. The van der Waals surface area contributed by atoms with Crippen molar-refractivity contribution in [1.29, 1.82) is 0 Å². The van der Waals surface area contributed by atoms with E-state index in [0.29, 0.717) is 27.7 Å². The van der Waals surface area contributed by atoms with Gasteiger partial charge in [-0.2, -0.15) is 0 Å². The molecule has 1 aliphatic heterocycles. The largest absolute Gasteiger partial charge is 0.347 e. The molecule has 1 aromatic heterocycles. The number of rotatable bonds is 4. The van der Waals surface area contributed by atoms with E-state index in [1.807, 2.05) is 26.2 Å². The summed E-state index contributed by atoms with van der Waals surface area (Å²) in [4.78, 5) is 39.4. The number of amides is 3. The standard InChI is InChI=1S/C20H22ClN3O3S/c1-20(2,3)24-11-13(10-17(24)25)22-18(26)12-6-7-14(21)15(9-12)23-19(27)16-5-4-8-28-16/h4-9,13H,10-11H2,1-3H3,(H,22,26)(H,23,27)/t13-/m1/s1. The van der Waals surface area contributed by atoms with Gasteiger partial charge in [0.15, 0.2) is 0 Å². The molecular formula is C20H22ClN3O3S. The van der Waals surface area contributed by atoms with Gasteiger partial charge in [-0.25, -0.2) is 0 Å². The molecule has 0 aliphatic carbocycles. The predicted octanol–water partition coefficient (Wildman–Crippen LogP) is 3.78. The highest BCUT2D eigenvalue weighted by Crippen LogP contribution is 2.25. The van der Waals surface area contributed by atoms with Crippen molar-refractivity contribution in [2.45, 2.75) is 38.8 Å². The van der Waals surface area contributed by atoms with E-state index in [1.54, 1.807) is 35.2 Å². The van der Waals surface area contributed by atoms with Gasteiger partial charge in [0.05, 0.1) is 21.6 Å². The van der Waals surface area contributed by atoms with Crippen molar-refractivity contribution in [2.24, 2.45) is 0 Å². The van der Waals surface area contributed by atoms with Gasteiger partial charge in [-0.15, -0.1) is 11.3 Å². The molecule has 0 unspecified atom stereocenters. The lowest BCUT2D eigenvalue weighted by molar-refractivity contribution is -0.131. The minimum Gasteiger partial charge on any atom is -0.347 e. The Labute approximate surface area is 172 Å². The highest BCUT2D eigenvalue weighted by molar-refractivity contribution is 7.12. The fourth-order valence-corrected chi connectivity index (χ4v) is 3.86. The van der Waals surface area contributed by atoms with Crippen molar-refractivity contribution >= 4 is 46.3 Å². The SMILES string of the molecule is CC(C)(C)N1C[C@H](NC(=O)c2ccc(Cl)c(NC(=O)c3cccs3)c2)CC1=O. The third kappa shape index (κ3) is 4.54. The van der Waals surface area contributed by atoms with Gasteiger partial charge in [0.2, 0.25) is 5.91 Å². The zero-order valence-electron chi connectivity index (χ0n) is 15.9. The number of anilines is 1. The Morgan fingerprint density at radius 1 is 1.21 bits per heavy atom. The number of halogens is 1. The first-order valence-electron chi connectivity index (χ1n) is 8.91. The molecule has 8 heteroatoms. The first kappa shape index (κ1) is 20.4. The van der Waals surface area contributed by atoms with Crippen LogP contribution in [-0.2, 0) is 4.79 Å². The van der Waals surface area contributed by atoms with Gasteiger partial charge in [0.25, 0.3) is 11.8 Å². The van der Waals surface area contributed by atoms with E-state index < -0.39 is 0 Å². The molecule has 28 heavy (non-hydrogen) atoms. The smallest absolute Gasteiger partial charge is 0.265 e. The first-order valence-corrected chi connectivity index (χ1v) is 10.2. The lowest BCUT2D eigenvalue weighted by Crippen LogP contribution is -2.44. The maximum Gasteiger partial charge on any atom is 0.265 e. The second-order valence-corrected chi connectivity index (χ2v) is 9.03. The van der Waals surface area contributed by atoms with Crippen LogP contribution in [0.2, 0.25) is 5.02 Å². The molecule has 2 N–H and O–H groups in total. The average Bonchev–Trinajstić information content (AvgIpc) is 3.26. The Morgan fingerprint density at radius 3 is 2.57 bits per heavy atom. The van der Waals surface area contributed by atoms with E-state index >= 15 is 0 Å². The highest BCUT2D eigenvalue weighted by Gasteiger charge is 2.36. The van der Waals surface area contributed by atoms with Crippen LogP contribution in [0.5, 0.6) is 0 Å². The molecular weight excluding hydrogens is 398 g/mol. The quantitative estimate of drug-likeness (QED) is 0.791. The number of carbonyl (C=O) groups excluding carboxylic acids is 3. The van der Waals surface area contributed by atoms with Crippen molar-refractivity contribution < 1.29 is 14.4 Å². The number of nitrogens with one attached hydrogen (secondary N) is 2. The Kier molecular flexibility index (Phi) is 5.76. The lowest BCUT2D eigenvalue weighted by Gasteiger charge is -2.32. The van der Waals surface area contributed by atoms with Crippen LogP contribution in [0.3, 0.4) is 0 Å². The topological polar surface area (TPSA) is 78.5 Å². The zero-order valence-corrected chi connectivity index (χ0v) is 17.5. The lowest BCUT2D eigenvalue weighted by atomic mass is 10.1. The van der Waals surface area contributed by atoms with Crippen LogP contribution in [0.1, 0.15) is 47.2 Å². The van der Waals surface area contributed by atoms with Crippen LogP contribution < -0.4 is 10.6 Å². The van der Waals surface area contributed by atoms with E-state index in [1.165, 1.54) is 11.3 Å². The van der Waals surface area contributed by atoms with Gasteiger partial charge >= 0.3 is 0 Å². The van der Waals surface area contributed by atoms with Crippen molar-refractivity contribution in [1.82, 2.24) is 10.2 Å². The normalized spacial score (nSPS) is 16.9. The zero-order chi connectivity index (χ0) is 20.5. The van der Waals surface area contributed by atoms with E-state index in [9.17, 15) is 14.4 Å². The second-order valence-electron chi connectivity index (χ2n) is 7.68. The van der Waals surface area contributed by atoms with Crippen molar-refractivity contribution in [3.63, 3.8) is 0 Å². The summed E-state index contributed by atoms with van der Waals surface area (Å²) in [5.41, 5.74) is 0.454. The molecule has 1 fully saturated rings. The molecule has 3 rings (SSSR count). The summed E-state index contributed by atoms with van der Waals surface area (Å²) in [5.74, 6) is -0.564.